The molecule has 1 fully saturated rings. The molecule has 1 atom stereocenters. The molecule has 0 spiro atoms. The molecule has 0 radical (unpaired) electrons. The minimum atomic E-state index is -0.905. The lowest BCUT2D eigenvalue weighted by Crippen LogP contribution is -2.29. The van der Waals surface area contributed by atoms with Crippen LogP contribution < -0.4 is 19.1 Å². The van der Waals surface area contributed by atoms with E-state index in [9.17, 15) is 14.7 Å². The molecular weight excluding hydrogens is 456 g/mol. The molecule has 1 aliphatic heterocycles. The van der Waals surface area contributed by atoms with E-state index in [-0.39, 0.29) is 17.4 Å². The Kier molecular flexibility index (Phi) is 6.56. The quantitative estimate of drug-likeness (QED) is 0.300. The van der Waals surface area contributed by atoms with Gasteiger partial charge in [-0.25, -0.2) is 4.98 Å². The van der Waals surface area contributed by atoms with Crippen LogP contribution in [0.2, 0.25) is 0 Å². The zero-order chi connectivity index (χ0) is 24.4. The minimum Gasteiger partial charge on any atom is -0.507 e. The van der Waals surface area contributed by atoms with Gasteiger partial charge < -0.3 is 19.3 Å². The fourth-order valence-corrected chi connectivity index (χ4v) is 4.49. The number of Topliss-reactive ketones (excluding diaryl/α,β-unsaturated/α-hetero) is 1. The number of carbonyl (C=O) groups excluding carboxylic acids is 2. The molecule has 0 aliphatic carbocycles. The van der Waals surface area contributed by atoms with Gasteiger partial charge in [-0.05, 0) is 55.8 Å². The van der Waals surface area contributed by atoms with E-state index >= 15 is 0 Å². The van der Waals surface area contributed by atoms with Gasteiger partial charge in [0, 0.05) is 17.1 Å². The van der Waals surface area contributed by atoms with Crippen molar-refractivity contribution in [1.82, 2.24) is 4.98 Å². The van der Waals surface area contributed by atoms with E-state index in [2.05, 4.69) is 4.98 Å². The van der Waals surface area contributed by atoms with Crippen LogP contribution in [0.15, 0.2) is 59.6 Å². The van der Waals surface area contributed by atoms with Gasteiger partial charge in [0.1, 0.15) is 11.5 Å². The summed E-state index contributed by atoms with van der Waals surface area (Å²) in [6.45, 7) is 3.83. The van der Waals surface area contributed by atoms with Gasteiger partial charge in [-0.3, -0.25) is 14.5 Å². The second kappa shape index (κ2) is 9.56. The SMILES string of the molecule is COc1ccc(C2/C(=C(/O)c3ccc(OC(C)C)cc3)C(=O)C(=O)N2c2nccs2)cc1OC. The molecule has 1 aromatic heterocycles. The topological polar surface area (TPSA) is 98.2 Å². The lowest BCUT2D eigenvalue weighted by Gasteiger charge is -2.23. The highest BCUT2D eigenvalue weighted by Crippen LogP contribution is 2.44. The van der Waals surface area contributed by atoms with Crippen LogP contribution in [-0.4, -0.2) is 42.1 Å². The molecule has 0 saturated carbocycles. The number of anilines is 1. The molecule has 1 amide bonds. The van der Waals surface area contributed by atoms with Crippen molar-refractivity contribution < 1.29 is 28.9 Å². The summed E-state index contributed by atoms with van der Waals surface area (Å²) in [6, 6.07) is 10.9. The summed E-state index contributed by atoms with van der Waals surface area (Å²) in [5.41, 5.74) is 0.914. The normalized spacial score (nSPS) is 17.3. The number of nitrogens with zero attached hydrogens (tertiary/aromatic N) is 2. The first-order valence-electron chi connectivity index (χ1n) is 10.5. The predicted octanol–water partition coefficient (Wildman–Crippen LogP) is 4.57. The van der Waals surface area contributed by atoms with Crippen molar-refractivity contribution in [2.24, 2.45) is 0 Å². The Morgan fingerprint density at radius 3 is 2.35 bits per heavy atom. The maximum atomic E-state index is 13.2. The molecule has 1 N–H and O–H groups in total. The Morgan fingerprint density at radius 1 is 1.06 bits per heavy atom. The van der Waals surface area contributed by atoms with Crippen LogP contribution >= 0.6 is 11.3 Å². The summed E-state index contributed by atoms with van der Waals surface area (Å²) < 4.78 is 16.4. The highest BCUT2D eigenvalue weighted by atomic mass is 32.1. The zero-order valence-electron chi connectivity index (χ0n) is 19.1. The van der Waals surface area contributed by atoms with Crippen LogP contribution in [0.25, 0.3) is 5.76 Å². The Balaban J connectivity index is 1.87. The van der Waals surface area contributed by atoms with E-state index in [1.165, 1.54) is 30.5 Å². The molecule has 34 heavy (non-hydrogen) atoms. The number of thiazole rings is 1. The van der Waals surface area contributed by atoms with E-state index in [4.69, 9.17) is 14.2 Å². The molecule has 8 nitrogen and oxygen atoms in total. The summed E-state index contributed by atoms with van der Waals surface area (Å²) in [5, 5.41) is 13.3. The second-order valence-corrected chi connectivity index (χ2v) is 8.66. The van der Waals surface area contributed by atoms with Crippen molar-refractivity contribution in [2.45, 2.75) is 26.0 Å². The van der Waals surface area contributed by atoms with Gasteiger partial charge in [0.25, 0.3) is 5.78 Å². The number of ether oxygens (including phenoxy) is 3. The molecule has 1 aliphatic rings. The van der Waals surface area contributed by atoms with Gasteiger partial charge >= 0.3 is 5.91 Å². The van der Waals surface area contributed by atoms with Crippen molar-refractivity contribution in [3.05, 3.63) is 70.7 Å². The first-order chi connectivity index (χ1) is 16.3. The smallest absolute Gasteiger partial charge is 0.301 e. The number of aliphatic hydroxyl groups is 1. The molecular formula is C25H24N2O6S. The van der Waals surface area contributed by atoms with Crippen LogP contribution in [0.4, 0.5) is 5.13 Å². The Labute approximate surface area is 201 Å². The Morgan fingerprint density at radius 2 is 1.76 bits per heavy atom. The first-order valence-corrected chi connectivity index (χ1v) is 11.4. The van der Waals surface area contributed by atoms with E-state index in [1.807, 2.05) is 13.8 Å². The third kappa shape index (κ3) is 4.22. The number of benzene rings is 2. The summed E-state index contributed by atoms with van der Waals surface area (Å²) in [5.74, 6) is -0.288. The van der Waals surface area contributed by atoms with Crippen LogP contribution in [0, 0.1) is 0 Å². The number of amides is 1. The molecule has 0 bridgehead atoms. The summed E-state index contributed by atoms with van der Waals surface area (Å²) in [4.78, 5) is 31.8. The lowest BCUT2D eigenvalue weighted by atomic mass is 9.95. The van der Waals surface area contributed by atoms with Crippen LogP contribution in [0.5, 0.6) is 17.2 Å². The molecule has 4 rings (SSSR count). The standard InChI is InChI=1S/C25H24N2O6S/c1-14(2)33-17-8-5-15(6-9-17)22(28)20-21(16-7-10-18(31-3)19(13-16)32-4)27(24(30)23(20)29)25-26-11-12-34-25/h5-14,21,28H,1-4H3/b22-20-. The zero-order valence-corrected chi connectivity index (χ0v) is 20.0. The molecule has 3 aromatic rings. The second-order valence-electron chi connectivity index (χ2n) is 7.79. The number of hydrogen-bond acceptors (Lipinski definition) is 8. The maximum Gasteiger partial charge on any atom is 0.301 e. The number of carbonyl (C=O) groups is 2. The summed E-state index contributed by atoms with van der Waals surface area (Å²) in [6.07, 6.45) is 1.55. The highest BCUT2D eigenvalue weighted by Gasteiger charge is 2.48. The monoisotopic (exact) mass is 480 g/mol. The largest absolute Gasteiger partial charge is 0.507 e. The van der Waals surface area contributed by atoms with Gasteiger partial charge in [0.2, 0.25) is 0 Å². The first kappa shape index (κ1) is 23.3. The van der Waals surface area contributed by atoms with Gasteiger partial charge in [0.05, 0.1) is 31.9 Å². The third-order valence-electron chi connectivity index (χ3n) is 5.29. The van der Waals surface area contributed by atoms with Crippen molar-refractivity contribution in [1.29, 1.82) is 0 Å². The van der Waals surface area contributed by atoms with E-state index in [0.29, 0.717) is 33.5 Å². The molecule has 2 aromatic carbocycles. The Hall–Kier alpha value is -3.85. The van der Waals surface area contributed by atoms with Gasteiger partial charge in [0.15, 0.2) is 16.6 Å². The van der Waals surface area contributed by atoms with Gasteiger partial charge in [-0.1, -0.05) is 6.07 Å². The maximum absolute atomic E-state index is 13.2. The van der Waals surface area contributed by atoms with Crippen LogP contribution in [-0.2, 0) is 9.59 Å². The predicted molar refractivity (Wildman–Crippen MR) is 129 cm³/mol. The minimum absolute atomic E-state index is 0.00637. The van der Waals surface area contributed by atoms with Crippen LogP contribution in [0.3, 0.4) is 0 Å². The number of aromatic nitrogens is 1. The molecule has 2 heterocycles. The summed E-state index contributed by atoms with van der Waals surface area (Å²) >= 11 is 1.22. The fraction of sp³-hybridized carbons (Fsp3) is 0.240. The average molecular weight is 481 g/mol. The number of ketones is 1. The summed E-state index contributed by atoms with van der Waals surface area (Å²) in [7, 11) is 3.02. The van der Waals surface area contributed by atoms with E-state index in [0.717, 1.165) is 0 Å². The number of aliphatic hydroxyl groups excluding tert-OH is 1. The van der Waals surface area contributed by atoms with E-state index < -0.39 is 17.7 Å². The number of hydrogen-bond donors (Lipinski definition) is 1. The fourth-order valence-electron chi connectivity index (χ4n) is 3.82. The Bertz CT molecular complexity index is 1230. The van der Waals surface area contributed by atoms with Gasteiger partial charge in [-0.2, -0.15) is 0 Å². The molecule has 9 heteroatoms. The molecule has 1 unspecified atom stereocenters. The molecule has 1 saturated heterocycles. The number of methoxy groups -OCH3 is 2. The van der Waals surface area contributed by atoms with Crippen molar-refractivity contribution >= 4 is 33.9 Å². The van der Waals surface area contributed by atoms with Gasteiger partial charge in [-0.15, -0.1) is 11.3 Å². The van der Waals surface area contributed by atoms with E-state index in [1.54, 1.807) is 54.0 Å². The molecule has 176 valence electrons. The highest BCUT2D eigenvalue weighted by molar-refractivity contribution is 7.14. The van der Waals surface area contributed by atoms with Crippen LogP contribution in [0.1, 0.15) is 31.0 Å². The van der Waals surface area contributed by atoms with Crippen molar-refractivity contribution in [3.63, 3.8) is 0 Å². The third-order valence-corrected chi connectivity index (χ3v) is 6.06. The van der Waals surface area contributed by atoms with Crippen molar-refractivity contribution in [2.75, 3.05) is 19.1 Å². The number of rotatable bonds is 7. The lowest BCUT2D eigenvalue weighted by molar-refractivity contribution is -0.132. The van der Waals surface area contributed by atoms with Crippen molar-refractivity contribution in [3.8, 4) is 17.2 Å². The average Bonchev–Trinajstić information content (AvgIpc) is 3.45.